The Bertz CT molecular complexity index is 383. The van der Waals surface area contributed by atoms with Gasteiger partial charge in [0, 0.05) is 12.4 Å². The summed E-state index contributed by atoms with van der Waals surface area (Å²) in [6, 6.07) is 0. The lowest BCUT2D eigenvalue weighted by Gasteiger charge is -2.42. The summed E-state index contributed by atoms with van der Waals surface area (Å²) in [6.45, 7) is 2.24. The van der Waals surface area contributed by atoms with Crippen LogP contribution in [0.25, 0.3) is 0 Å². The van der Waals surface area contributed by atoms with Crippen molar-refractivity contribution < 1.29 is 5.11 Å². The van der Waals surface area contributed by atoms with Gasteiger partial charge in [0.15, 0.2) is 0 Å². The molecule has 1 aliphatic carbocycles. The van der Waals surface area contributed by atoms with Crippen LogP contribution in [0.2, 0.25) is 0 Å². The highest BCUT2D eigenvalue weighted by Crippen LogP contribution is 2.45. The van der Waals surface area contributed by atoms with E-state index < -0.39 is 6.10 Å². The summed E-state index contributed by atoms with van der Waals surface area (Å²) in [5.41, 5.74) is 0.651. The molecule has 1 aromatic heterocycles. The molecule has 0 aromatic carbocycles. The minimum atomic E-state index is -0.494. The fourth-order valence-corrected chi connectivity index (χ4v) is 3.64. The van der Waals surface area contributed by atoms with Crippen LogP contribution < -0.4 is 0 Å². The first-order chi connectivity index (χ1) is 8.83. The van der Waals surface area contributed by atoms with Crippen molar-refractivity contribution in [3.8, 4) is 0 Å². The van der Waals surface area contributed by atoms with E-state index in [0.29, 0.717) is 0 Å². The summed E-state index contributed by atoms with van der Waals surface area (Å²) >= 11 is 0. The molecule has 3 rings (SSSR count). The maximum Gasteiger partial charge on any atom is 0.116 e. The molecule has 0 spiro atoms. The van der Waals surface area contributed by atoms with Crippen molar-refractivity contribution in [1.82, 2.24) is 14.9 Å². The third-order valence-electron chi connectivity index (χ3n) is 4.58. The molecule has 0 bridgehead atoms. The average Bonchev–Trinajstić information content (AvgIpc) is 3.10. The van der Waals surface area contributed by atoms with Gasteiger partial charge >= 0.3 is 0 Å². The molecular formula is C14H21N3O. The second-order valence-electron chi connectivity index (χ2n) is 5.54. The molecule has 1 saturated heterocycles. The largest absolute Gasteiger partial charge is 0.385 e. The van der Waals surface area contributed by atoms with E-state index in [1.54, 1.807) is 18.6 Å². The van der Waals surface area contributed by atoms with Gasteiger partial charge < -0.3 is 5.11 Å². The number of aliphatic hydroxyl groups is 1. The van der Waals surface area contributed by atoms with Crippen LogP contribution in [-0.4, -0.2) is 38.6 Å². The van der Waals surface area contributed by atoms with Crippen molar-refractivity contribution >= 4 is 0 Å². The molecule has 2 fully saturated rings. The molecule has 1 saturated carbocycles. The first kappa shape index (κ1) is 12.1. The van der Waals surface area contributed by atoms with E-state index in [1.165, 1.54) is 25.7 Å². The van der Waals surface area contributed by atoms with E-state index in [2.05, 4.69) is 14.9 Å². The zero-order valence-corrected chi connectivity index (χ0v) is 10.8. The molecule has 2 heterocycles. The molecule has 18 heavy (non-hydrogen) atoms. The van der Waals surface area contributed by atoms with Gasteiger partial charge in [0.25, 0.3) is 0 Å². The maximum absolute atomic E-state index is 10.8. The Balaban J connectivity index is 1.89. The minimum Gasteiger partial charge on any atom is -0.385 e. The Morgan fingerprint density at radius 2 is 1.83 bits per heavy atom. The Morgan fingerprint density at radius 1 is 1.11 bits per heavy atom. The van der Waals surface area contributed by atoms with Gasteiger partial charge in [-0.25, -0.2) is 0 Å². The second-order valence-corrected chi connectivity index (χ2v) is 5.54. The molecule has 1 unspecified atom stereocenters. The minimum absolute atomic E-state index is 0.0769. The van der Waals surface area contributed by atoms with Crippen LogP contribution in [0.15, 0.2) is 18.6 Å². The van der Waals surface area contributed by atoms with E-state index in [4.69, 9.17) is 0 Å². The van der Waals surface area contributed by atoms with Crippen molar-refractivity contribution in [2.75, 3.05) is 13.1 Å². The van der Waals surface area contributed by atoms with Crippen LogP contribution in [0.5, 0.6) is 0 Å². The van der Waals surface area contributed by atoms with Crippen LogP contribution in [-0.2, 0) is 0 Å². The van der Waals surface area contributed by atoms with E-state index in [0.717, 1.165) is 31.6 Å². The molecule has 4 heteroatoms. The molecular weight excluding hydrogens is 226 g/mol. The van der Waals surface area contributed by atoms with Gasteiger partial charge in [0.05, 0.1) is 17.4 Å². The van der Waals surface area contributed by atoms with Gasteiger partial charge in [0.1, 0.15) is 6.10 Å². The predicted octanol–water partition coefficient (Wildman–Crippen LogP) is 1.92. The highest BCUT2D eigenvalue weighted by molar-refractivity contribution is 5.12. The summed E-state index contributed by atoms with van der Waals surface area (Å²) in [4.78, 5) is 10.9. The van der Waals surface area contributed by atoms with Gasteiger partial charge in [-0.1, -0.05) is 12.8 Å². The fourth-order valence-electron chi connectivity index (χ4n) is 3.64. The van der Waals surface area contributed by atoms with Crippen molar-refractivity contribution in [2.45, 2.75) is 50.2 Å². The zero-order valence-electron chi connectivity index (χ0n) is 10.8. The topological polar surface area (TPSA) is 49.3 Å². The van der Waals surface area contributed by atoms with Gasteiger partial charge in [-0.3, -0.25) is 14.9 Å². The Kier molecular flexibility index (Phi) is 3.31. The van der Waals surface area contributed by atoms with Crippen molar-refractivity contribution in [1.29, 1.82) is 0 Å². The molecule has 0 amide bonds. The highest BCUT2D eigenvalue weighted by atomic mass is 16.3. The standard InChI is InChI=1S/C14H21N3O/c18-13(12-11-15-7-8-16-12)14(5-1-2-6-14)17-9-3-4-10-17/h7-8,11,13,18H,1-6,9-10H2. The molecule has 0 radical (unpaired) electrons. The van der Waals surface area contributed by atoms with Crippen LogP contribution in [0.1, 0.15) is 50.3 Å². The Labute approximate surface area is 108 Å². The highest BCUT2D eigenvalue weighted by Gasteiger charge is 2.47. The van der Waals surface area contributed by atoms with Gasteiger partial charge in [-0.2, -0.15) is 0 Å². The maximum atomic E-state index is 10.8. The van der Waals surface area contributed by atoms with Crippen molar-refractivity contribution in [2.24, 2.45) is 0 Å². The second kappa shape index (κ2) is 4.94. The van der Waals surface area contributed by atoms with E-state index in [9.17, 15) is 5.11 Å². The zero-order chi connectivity index (χ0) is 12.4. The van der Waals surface area contributed by atoms with Gasteiger partial charge in [-0.05, 0) is 38.8 Å². The normalized spacial score (nSPS) is 25.4. The predicted molar refractivity (Wildman–Crippen MR) is 69.0 cm³/mol. The average molecular weight is 247 g/mol. The number of aromatic nitrogens is 2. The number of rotatable bonds is 3. The Morgan fingerprint density at radius 3 is 2.44 bits per heavy atom. The number of hydrogen-bond acceptors (Lipinski definition) is 4. The number of aliphatic hydroxyl groups excluding tert-OH is 1. The summed E-state index contributed by atoms with van der Waals surface area (Å²) in [6.07, 6.45) is 11.7. The number of likely N-dealkylation sites (tertiary alicyclic amines) is 1. The van der Waals surface area contributed by atoms with E-state index in [1.807, 2.05) is 0 Å². The smallest absolute Gasteiger partial charge is 0.116 e. The van der Waals surface area contributed by atoms with Crippen molar-refractivity contribution in [3.05, 3.63) is 24.3 Å². The monoisotopic (exact) mass is 247 g/mol. The summed E-state index contributed by atoms with van der Waals surface area (Å²) in [5, 5.41) is 10.8. The van der Waals surface area contributed by atoms with Crippen LogP contribution in [0.3, 0.4) is 0 Å². The van der Waals surface area contributed by atoms with E-state index in [-0.39, 0.29) is 5.54 Å². The molecule has 1 aliphatic heterocycles. The third kappa shape index (κ3) is 1.93. The van der Waals surface area contributed by atoms with Gasteiger partial charge in [0.2, 0.25) is 0 Å². The van der Waals surface area contributed by atoms with Gasteiger partial charge in [-0.15, -0.1) is 0 Å². The SMILES string of the molecule is OC(c1cnccn1)C1(N2CCCC2)CCCC1. The lowest BCUT2D eigenvalue weighted by atomic mass is 9.86. The molecule has 4 nitrogen and oxygen atoms in total. The Hall–Kier alpha value is -1.00. The summed E-state index contributed by atoms with van der Waals surface area (Å²) < 4.78 is 0. The third-order valence-corrected chi connectivity index (χ3v) is 4.58. The summed E-state index contributed by atoms with van der Waals surface area (Å²) in [7, 11) is 0. The molecule has 1 aromatic rings. The fraction of sp³-hybridized carbons (Fsp3) is 0.714. The first-order valence-corrected chi connectivity index (χ1v) is 7.02. The first-order valence-electron chi connectivity index (χ1n) is 7.02. The van der Waals surface area contributed by atoms with Crippen LogP contribution in [0, 0.1) is 0 Å². The van der Waals surface area contributed by atoms with Crippen molar-refractivity contribution in [3.63, 3.8) is 0 Å². The quantitative estimate of drug-likeness (QED) is 0.886. The number of hydrogen-bond donors (Lipinski definition) is 1. The molecule has 1 atom stereocenters. The van der Waals surface area contributed by atoms with Crippen LogP contribution in [0.4, 0.5) is 0 Å². The molecule has 98 valence electrons. The van der Waals surface area contributed by atoms with Crippen LogP contribution >= 0.6 is 0 Å². The number of nitrogens with zero attached hydrogens (tertiary/aromatic N) is 3. The lowest BCUT2D eigenvalue weighted by molar-refractivity contribution is -0.0220. The molecule has 2 aliphatic rings. The lowest BCUT2D eigenvalue weighted by Crippen LogP contribution is -2.50. The summed E-state index contributed by atoms with van der Waals surface area (Å²) in [5.74, 6) is 0. The van der Waals surface area contributed by atoms with E-state index >= 15 is 0 Å². The molecule has 1 N–H and O–H groups in total.